The molecule has 0 aliphatic rings. The number of amides is 3. The van der Waals surface area contributed by atoms with Crippen LogP contribution >= 0.6 is 22.9 Å². The van der Waals surface area contributed by atoms with E-state index in [0.29, 0.717) is 18.0 Å². The number of carbonyl (C=O) groups excluding carboxylic acids is 2. The van der Waals surface area contributed by atoms with Gasteiger partial charge in [-0.05, 0) is 35.6 Å². The molecule has 0 aliphatic heterocycles. The first-order valence-corrected chi connectivity index (χ1v) is 8.41. The normalized spacial score (nSPS) is 11.7. The summed E-state index contributed by atoms with van der Waals surface area (Å²) in [7, 11) is 0. The summed E-state index contributed by atoms with van der Waals surface area (Å²) in [5, 5.41) is 8.02. The number of urea groups is 1. The van der Waals surface area contributed by atoms with Crippen LogP contribution in [0.15, 0.2) is 41.8 Å². The van der Waals surface area contributed by atoms with Crippen molar-refractivity contribution in [3.8, 4) is 0 Å². The first-order valence-electron chi connectivity index (χ1n) is 7.15. The summed E-state index contributed by atoms with van der Waals surface area (Å²) in [5.74, 6) is -0.140. The van der Waals surface area contributed by atoms with Crippen molar-refractivity contribution in [3.05, 3.63) is 57.2 Å². The Morgan fingerprint density at radius 3 is 2.74 bits per heavy atom. The highest BCUT2D eigenvalue weighted by molar-refractivity contribution is 7.10. The van der Waals surface area contributed by atoms with Crippen LogP contribution in [0.4, 0.5) is 4.79 Å². The van der Waals surface area contributed by atoms with Crippen LogP contribution in [0, 0.1) is 0 Å². The van der Waals surface area contributed by atoms with Crippen LogP contribution in [0.5, 0.6) is 0 Å². The maximum Gasteiger partial charge on any atom is 0.312 e. The highest BCUT2D eigenvalue weighted by Gasteiger charge is 2.18. The van der Waals surface area contributed by atoms with Crippen molar-refractivity contribution in [2.24, 2.45) is 5.73 Å². The second-order valence-electron chi connectivity index (χ2n) is 5.01. The molecule has 0 aliphatic carbocycles. The lowest BCUT2D eigenvalue weighted by atomic mass is 10.1. The van der Waals surface area contributed by atoms with E-state index < -0.39 is 12.1 Å². The number of hydrogen-bond acceptors (Lipinski definition) is 3. The number of carbonyl (C=O) groups is 2. The number of rotatable bonds is 7. The van der Waals surface area contributed by atoms with E-state index in [2.05, 4.69) is 10.6 Å². The molecule has 0 fully saturated rings. The van der Waals surface area contributed by atoms with E-state index in [1.54, 1.807) is 0 Å². The van der Waals surface area contributed by atoms with Crippen molar-refractivity contribution in [1.82, 2.24) is 10.6 Å². The molecule has 3 amide bonds. The van der Waals surface area contributed by atoms with Gasteiger partial charge in [-0.1, -0.05) is 29.8 Å². The van der Waals surface area contributed by atoms with E-state index in [9.17, 15) is 9.59 Å². The smallest absolute Gasteiger partial charge is 0.312 e. The molecule has 5 nitrogen and oxygen atoms in total. The largest absolute Gasteiger partial charge is 0.356 e. The molecule has 2 rings (SSSR count). The fraction of sp³-hybridized carbons (Fsp3) is 0.250. The van der Waals surface area contributed by atoms with Gasteiger partial charge in [0.25, 0.3) is 0 Å². The second-order valence-corrected chi connectivity index (χ2v) is 6.43. The van der Waals surface area contributed by atoms with Crippen LogP contribution in [-0.4, -0.2) is 18.5 Å². The molecule has 1 unspecified atom stereocenters. The lowest BCUT2D eigenvalue weighted by Gasteiger charge is -2.15. The van der Waals surface area contributed by atoms with Crippen molar-refractivity contribution < 1.29 is 9.59 Å². The third kappa shape index (κ3) is 5.92. The molecule has 1 heterocycles. The van der Waals surface area contributed by atoms with Gasteiger partial charge >= 0.3 is 6.03 Å². The predicted molar refractivity (Wildman–Crippen MR) is 92.6 cm³/mol. The van der Waals surface area contributed by atoms with Crippen molar-refractivity contribution in [3.63, 3.8) is 0 Å². The average Bonchev–Trinajstić information content (AvgIpc) is 3.00. The fourth-order valence-electron chi connectivity index (χ4n) is 2.18. The fourth-order valence-corrected chi connectivity index (χ4v) is 3.17. The van der Waals surface area contributed by atoms with Gasteiger partial charge in [-0.2, -0.15) is 0 Å². The Morgan fingerprint density at radius 2 is 2.09 bits per heavy atom. The van der Waals surface area contributed by atoms with Gasteiger partial charge in [0.15, 0.2) is 0 Å². The minimum Gasteiger partial charge on any atom is -0.356 e. The topological polar surface area (TPSA) is 84.2 Å². The van der Waals surface area contributed by atoms with Crippen LogP contribution < -0.4 is 16.4 Å². The van der Waals surface area contributed by atoms with E-state index in [-0.39, 0.29) is 12.3 Å². The lowest BCUT2D eigenvalue weighted by Crippen LogP contribution is -2.36. The van der Waals surface area contributed by atoms with E-state index in [0.717, 1.165) is 10.4 Å². The van der Waals surface area contributed by atoms with Gasteiger partial charge in [0, 0.05) is 16.4 Å². The summed E-state index contributed by atoms with van der Waals surface area (Å²) in [6, 6.07) is 10.2. The third-order valence-electron chi connectivity index (χ3n) is 3.22. The maximum absolute atomic E-state index is 12.1. The van der Waals surface area contributed by atoms with Gasteiger partial charge < -0.3 is 16.4 Å². The number of halogens is 1. The molecule has 1 atom stereocenters. The number of thiophene rings is 1. The Balaban J connectivity index is 1.83. The highest BCUT2D eigenvalue weighted by atomic mass is 35.5. The summed E-state index contributed by atoms with van der Waals surface area (Å²) in [4.78, 5) is 24.0. The highest BCUT2D eigenvalue weighted by Crippen LogP contribution is 2.21. The van der Waals surface area contributed by atoms with Gasteiger partial charge in [0.1, 0.15) is 0 Å². The first-order chi connectivity index (χ1) is 11.0. The molecule has 0 bridgehead atoms. The Labute approximate surface area is 143 Å². The van der Waals surface area contributed by atoms with Gasteiger partial charge in [-0.3, -0.25) is 4.79 Å². The van der Waals surface area contributed by atoms with Gasteiger partial charge in [0.05, 0.1) is 12.5 Å². The summed E-state index contributed by atoms with van der Waals surface area (Å²) < 4.78 is 0. The van der Waals surface area contributed by atoms with Crippen LogP contribution in [0.3, 0.4) is 0 Å². The molecule has 0 saturated heterocycles. The minimum atomic E-state index is -0.643. The molecule has 0 radical (unpaired) electrons. The number of benzene rings is 1. The summed E-state index contributed by atoms with van der Waals surface area (Å²) in [5.41, 5.74) is 6.23. The minimum absolute atomic E-state index is 0.140. The molecule has 0 saturated carbocycles. The molecule has 0 spiro atoms. The van der Waals surface area contributed by atoms with E-state index >= 15 is 0 Å². The summed E-state index contributed by atoms with van der Waals surface area (Å²) in [6.45, 7) is 0.507. The van der Waals surface area contributed by atoms with Gasteiger partial charge in [-0.15, -0.1) is 11.3 Å². The second kappa shape index (κ2) is 8.55. The molecule has 7 heteroatoms. The van der Waals surface area contributed by atoms with Crippen LogP contribution in [0.25, 0.3) is 0 Å². The Bertz CT molecular complexity index is 661. The van der Waals surface area contributed by atoms with Crippen molar-refractivity contribution in [1.29, 1.82) is 0 Å². The monoisotopic (exact) mass is 351 g/mol. The maximum atomic E-state index is 12.1. The molecular weight excluding hydrogens is 334 g/mol. The molecule has 1 aromatic carbocycles. The first kappa shape index (κ1) is 17.3. The van der Waals surface area contributed by atoms with Gasteiger partial charge in [0.2, 0.25) is 5.91 Å². The zero-order valence-corrected chi connectivity index (χ0v) is 14.0. The number of hydrogen-bond donors (Lipinski definition) is 3. The average molecular weight is 352 g/mol. The predicted octanol–water partition coefficient (Wildman–Crippen LogP) is 2.86. The molecular formula is C16H18ClN3O2S. The van der Waals surface area contributed by atoms with E-state index in [1.165, 1.54) is 11.3 Å². The van der Waals surface area contributed by atoms with E-state index in [4.69, 9.17) is 17.3 Å². The Hall–Kier alpha value is -2.05. The van der Waals surface area contributed by atoms with Crippen molar-refractivity contribution in [2.45, 2.75) is 18.9 Å². The molecule has 2 aromatic rings. The van der Waals surface area contributed by atoms with Gasteiger partial charge in [-0.25, -0.2) is 4.79 Å². The van der Waals surface area contributed by atoms with Crippen LogP contribution in [0.2, 0.25) is 5.02 Å². The number of primary amides is 1. The SMILES string of the molecule is NC(=O)NC(CC(=O)NCCc1cccc(Cl)c1)c1cccs1. The lowest BCUT2D eigenvalue weighted by molar-refractivity contribution is -0.121. The molecule has 4 N–H and O–H groups in total. The third-order valence-corrected chi connectivity index (χ3v) is 4.44. The Morgan fingerprint density at radius 1 is 1.26 bits per heavy atom. The Kier molecular flexibility index (Phi) is 6.43. The molecule has 1 aromatic heterocycles. The zero-order valence-electron chi connectivity index (χ0n) is 12.4. The van der Waals surface area contributed by atoms with Crippen molar-refractivity contribution >= 4 is 34.9 Å². The zero-order chi connectivity index (χ0) is 16.7. The van der Waals surface area contributed by atoms with E-state index in [1.807, 2.05) is 41.8 Å². The quantitative estimate of drug-likeness (QED) is 0.716. The summed E-state index contributed by atoms with van der Waals surface area (Å²) in [6.07, 6.45) is 0.845. The van der Waals surface area contributed by atoms with Crippen LogP contribution in [-0.2, 0) is 11.2 Å². The molecule has 23 heavy (non-hydrogen) atoms. The van der Waals surface area contributed by atoms with Crippen molar-refractivity contribution in [2.75, 3.05) is 6.54 Å². The number of nitrogens with two attached hydrogens (primary N) is 1. The standard InChI is InChI=1S/C16H18ClN3O2S/c17-12-4-1-3-11(9-12)6-7-19-15(21)10-13(20-16(18)22)14-5-2-8-23-14/h1-5,8-9,13H,6-7,10H2,(H,19,21)(H3,18,20,22). The summed E-state index contributed by atoms with van der Waals surface area (Å²) >= 11 is 7.39. The molecule has 122 valence electrons. The van der Waals surface area contributed by atoms with Crippen LogP contribution in [0.1, 0.15) is 22.9 Å². The number of nitrogens with one attached hydrogen (secondary N) is 2.